The van der Waals surface area contributed by atoms with E-state index in [1.54, 1.807) is 32.2 Å². The van der Waals surface area contributed by atoms with E-state index in [-0.39, 0.29) is 11.8 Å². The van der Waals surface area contributed by atoms with Gasteiger partial charge >= 0.3 is 0 Å². The third-order valence-corrected chi connectivity index (χ3v) is 6.28. The van der Waals surface area contributed by atoms with E-state index >= 15 is 0 Å². The van der Waals surface area contributed by atoms with Gasteiger partial charge in [-0.25, -0.2) is 0 Å². The van der Waals surface area contributed by atoms with Crippen molar-refractivity contribution in [1.29, 1.82) is 0 Å². The molecule has 4 rings (SSSR count). The summed E-state index contributed by atoms with van der Waals surface area (Å²) in [6.07, 6.45) is -0.431. The van der Waals surface area contributed by atoms with Crippen LogP contribution in [0.15, 0.2) is 36.4 Å². The van der Waals surface area contributed by atoms with Crippen molar-refractivity contribution in [2.75, 3.05) is 24.9 Å². The summed E-state index contributed by atoms with van der Waals surface area (Å²) in [6.45, 7) is 3.57. The molecule has 4 atom stereocenters. The molecule has 0 aromatic heterocycles. The highest BCUT2D eigenvalue weighted by Gasteiger charge is 2.60. The molecule has 1 spiro atoms. The highest BCUT2D eigenvalue weighted by molar-refractivity contribution is 6.11. The Morgan fingerprint density at radius 3 is 2.71 bits per heavy atom. The van der Waals surface area contributed by atoms with E-state index in [2.05, 4.69) is 16.0 Å². The van der Waals surface area contributed by atoms with Gasteiger partial charge in [-0.2, -0.15) is 0 Å². The molecule has 2 amide bonds. The second-order valence-electron chi connectivity index (χ2n) is 8.09. The molecule has 31 heavy (non-hydrogen) atoms. The minimum Gasteiger partial charge on any atom is -0.497 e. The molecular weight excluding hydrogens is 398 g/mol. The zero-order valence-corrected chi connectivity index (χ0v) is 18.0. The average Bonchev–Trinajstić information content (AvgIpc) is 3.29. The molecule has 2 aromatic rings. The lowest BCUT2D eigenvalue weighted by molar-refractivity contribution is -0.130. The van der Waals surface area contributed by atoms with E-state index in [0.29, 0.717) is 29.3 Å². The molecular formula is C23H27N3O5. The van der Waals surface area contributed by atoms with Gasteiger partial charge in [-0.3, -0.25) is 14.9 Å². The fourth-order valence-corrected chi connectivity index (χ4v) is 4.62. The van der Waals surface area contributed by atoms with Crippen LogP contribution in [0, 0.1) is 12.8 Å². The Hall–Kier alpha value is -3.10. The quantitative estimate of drug-likeness (QED) is 0.585. The maximum atomic E-state index is 13.5. The van der Waals surface area contributed by atoms with Crippen LogP contribution in [0.1, 0.15) is 24.5 Å². The molecule has 0 bridgehead atoms. The number of aliphatic hydroxyl groups excluding tert-OH is 1. The fraction of sp³-hybridized carbons (Fsp3) is 0.391. The molecule has 2 aliphatic heterocycles. The zero-order valence-electron chi connectivity index (χ0n) is 18.0. The Balaban J connectivity index is 1.76. The largest absolute Gasteiger partial charge is 0.497 e. The Morgan fingerprint density at radius 2 is 2.03 bits per heavy atom. The Labute approximate surface area is 180 Å². The predicted molar refractivity (Wildman–Crippen MR) is 116 cm³/mol. The van der Waals surface area contributed by atoms with Crippen molar-refractivity contribution in [3.8, 4) is 11.5 Å². The van der Waals surface area contributed by atoms with Gasteiger partial charge in [0.25, 0.3) is 0 Å². The van der Waals surface area contributed by atoms with Gasteiger partial charge in [0.1, 0.15) is 17.0 Å². The second kappa shape index (κ2) is 7.86. The van der Waals surface area contributed by atoms with Crippen LogP contribution in [0.5, 0.6) is 11.5 Å². The van der Waals surface area contributed by atoms with E-state index in [9.17, 15) is 14.7 Å². The number of ether oxygens (including phenoxy) is 2. The third kappa shape index (κ3) is 3.32. The number of fused-ring (bicyclic) bond motifs is 2. The first-order valence-electron chi connectivity index (χ1n) is 10.2. The molecule has 0 unspecified atom stereocenters. The van der Waals surface area contributed by atoms with Crippen LogP contribution in [-0.4, -0.2) is 43.3 Å². The number of carbonyl (C=O) groups excluding carboxylic acids is 2. The summed E-state index contributed by atoms with van der Waals surface area (Å²) in [5, 5.41) is 19.4. The average molecular weight is 425 g/mol. The molecule has 0 saturated carbocycles. The van der Waals surface area contributed by atoms with E-state index in [1.807, 2.05) is 25.1 Å². The molecule has 0 radical (unpaired) electrons. The molecule has 8 nitrogen and oxygen atoms in total. The number of methoxy groups -OCH3 is 2. The normalized spacial score (nSPS) is 25.1. The molecule has 2 aliphatic rings. The molecule has 0 aliphatic carbocycles. The van der Waals surface area contributed by atoms with Crippen molar-refractivity contribution in [2.45, 2.75) is 38.0 Å². The standard InChI is InChI=1S/C23H27N3O5/c1-12-6-5-7-15-20(12)25-22(29)23(15)16(11-17(26-23)13(2)27)21(28)24-18-10-14(30-3)8-9-19(18)31-4/h5-10,13,16-17,26-27H,11H2,1-4H3,(H,24,28)(H,25,29)/t13-,16-,17-,23-/m1/s1. The van der Waals surface area contributed by atoms with Gasteiger partial charge in [0.15, 0.2) is 0 Å². The first kappa shape index (κ1) is 21.1. The number of anilines is 2. The molecule has 2 aromatic carbocycles. The van der Waals surface area contributed by atoms with Crippen LogP contribution in [0.2, 0.25) is 0 Å². The van der Waals surface area contributed by atoms with Crippen LogP contribution in [0.4, 0.5) is 11.4 Å². The lowest BCUT2D eigenvalue weighted by Gasteiger charge is -2.29. The number of benzene rings is 2. The van der Waals surface area contributed by atoms with Crippen LogP contribution in [-0.2, 0) is 15.1 Å². The SMILES string of the molecule is COc1ccc(OC)c(NC(=O)[C@H]2C[C@H]([C@@H](C)O)N[C@@]23C(=O)Nc2c(C)cccc23)c1. The van der Waals surface area contributed by atoms with Gasteiger partial charge in [0, 0.05) is 23.4 Å². The number of nitrogens with one attached hydrogen (secondary N) is 3. The highest BCUT2D eigenvalue weighted by Crippen LogP contribution is 2.48. The number of amides is 2. The smallest absolute Gasteiger partial charge is 0.250 e. The summed E-state index contributed by atoms with van der Waals surface area (Å²) in [6, 6.07) is 10.3. The maximum Gasteiger partial charge on any atom is 0.250 e. The summed E-state index contributed by atoms with van der Waals surface area (Å²) < 4.78 is 10.6. The van der Waals surface area contributed by atoms with Gasteiger partial charge in [-0.1, -0.05) is 18.2 Å². The minimum atomic E-state index is -1.26. The van der Waals surface area contributed by atoms with E-state index < -0.39 is 23.6 Å². The predicted octanol–water partition coefficient (Wildman–Crippen LogP) is 2.16. The number of para-hydroxylation sites is 1. The minimum absolute atomic E-state index is 0.294. The van der Waals surface area contributed by atoms with Gasteiger partial charge in [0.05, 0.1) is 31.9 Å². The Morgan fingerprint density at radius 1 is 1.26 bits per heavy atom. The van der Waals surface area contributed by atoms with E-state index in [0.717, 1.165) is 11.1 Å². The van der Waals surface area contributed by atoms with Crippen LogP contribution in [0.3, 0.4) is 0 Å². The number of aliphatic hydroxyl groups is 1. The first-order chi connectivity index (χ1) is 14.8. The highest BCUT2D eigenvalue weighted by atomic mass is 16.5. The summed E-state index contributed by atoms with van der Waals surface area (Å²) in [4.78, 5) is 26.8. The topological polar surface area (TPSA) is 109 Å². The van der Waals surface area contributed by atoms with Crippen molar-refractivity contribution >= 4 is 23.2 Å². The maximum absolute atomic E-state index is 13.5. The third-order valence-electron chi connectivity index (χ3n) is 6.28. The second-order valence-corrected chi connectivity index (χ2v) is 8.09. The van der Waals surface area contributed by atoms with Crippen molar-refractivity contribution < 1.29 is 24.2 Å². The van der Waals surface area contributed by atoms with Crippen molar-refractivity contribution in [3.05, 3.63) is 47.5 Å². The summed E-state index contributed by atoms with van der Waals surface area (Å²) in [7, 11) is 3.06. The van der Waals surface area contributed by atoms with Gasteiger partial charge in [-0.15, -0.1) is 0 Å². The Kier molecular flexibility index (Phi) is 5.36. The number of carbonyl (C=O) groups is 2. The first-order valence-corrected chi connectivity index (χ1v) is 10.2. The van der Waals surface area contributed by atoms with Crippen molar-refractivity contribution in [1.82, 2.24) is 5.32 Å². The number of aryl methyl sites for hydroxylation is 1. The van der Waals surface area contributed by atoms with Gasteiger partial charge in [-0.05, 0) is 38.0 Å². The van der Waals surface area contributed by atoms with Crippen LogP contribution >= 0.6 is 0 Å². The molecule has 4 N–H and O–H groups in total. The molecule has 8 heteroatoms. The molecule has 1 fully saturated rings. The zero-order chi connectivity index (χ0) is 22.3. The number of rotatable bonds is 5. The monoisotopic (exact) mass is 425 g/mol. The van der Waals surface area contributed by atoms with Crippen LogP contribution in [0.25, 0.3) is 0 Å². The van der Waals surface area contributed by atoms with Crippen molar-refractivity contribution in [2.24, 2.45) is 5.92 Å². The van der Waals surface area contributed by atoms with Crippen molar-refractivity contribution in [3.63, 3.8) is 0 Å². The number of hydrogen-bond donors (Lipinski definition) is 4. The summed E-state index contributed by atoms with van der Waals surface area (Å²) in [5.74, 6) is -0.333. The lowest BCUT2D eigenvalue weighted by Crippen LogP contribution is -2.53. The van der Waals surface area contributed by atoms with Gasteiger partial charge < -0.3 is 25.2 Å². The lowest BCUT2D eigenvalue weighted by atomic mass is 9.79. The molecule has 2 heterocycles. The number of hydrogen-bond acceptors (Lipinski definition) is 6. The van der Waals surface area contributed by atoms with Gasteiger partial charge in [0.2, 0.25) is 11.8 Å². The summed E-state index contributed by atoms with van der Waals surface area (Å²) >= 11 is 0. The van der Waals surface area contributed by atoms with Crippen LogP contribution < -0.4 is 25.4 Å². The summed E-state index contributed by atoms with van der Waals surface area (Å²) in [5.41, 5.74) is 1.53. The van der Waals surface area contributed by atoms with E-state index in [4.69, 9.17) is 9.47 Å². The van der Waals surface area contributed by atoms with E-state index in [1.165, 1.54) is 7.11 Å². The molecule has 1 saturated heterocycles. The molecule has 164 valence electrons. The Bertz CT molecular complexity index is 1040. The fourth-order valence-electron chi connectivity index (χ4n) is 4.62.